The van der Waals surface area contributed by atoms with Crippen LogP contribution in [0.2, 0.25) is 0 Å². The molecule has 2 heterocycles. The Morgan fingerprint density at radius 1 is 1.30 bits per heavy atom. The van der Waals surface area contributed by atoms with Crippen LogP contribution in [0.3, 0.4) is 0 Å². The van der Waals surface area contributed by atoms with Crippen molar-refractivity contribution in [1.29, 1.82) is 0 Å². The molecule has 0 aliphatic carbocycles. The van der Waals surface area contributed by atoms with Crippen LogP contribution in [0.4, 0.5) is 0 Å². The van der Waals surface area contributed by atoms with Crippen LogP contribution in [-0.4, -0.2) is 61.0 Å². The first-order valence-electron chi connectivity index (χ1n) is 7.15. The number of piperazine rings is 1. The van der Waals surface area contributed by atoms with Crippen LogP contribution in [0, 0.1) is 6.92 Å². The number of carbonyl (C=O) groups is 1. The highest BCUT2D eigenvalue weighted by Crippen LogP contribution is 2.24. The summed E-state index contributed by atoms with van der Waals surface area (Å²) in [6, 6.07) is 6.48. The van der Waals surface area contributed by atoms with E-state index in [0.29, 0.717) is 6.04 Å². The first kappa shape index (κ1) is 14.0. The maximum atomic E-state index is 12.5. The van der Waals surface area contributed by atoms with Crippen molar-refractivity contribution in [3.63, 3.8) is 0 Å². The summed E-state index contributed by atoms with van der Waals surface area (Å²) in [5.74, 6) is 0.145. The van der Waals surface area contributed by atoms with Crippen molar-refractivity contribution < 1.29 is 4.79 Å². The van der Waals surface area contributed by atoms with Crippen LogP contribution >= 0.6 is 15.9 Å². The van der Waals surface area contributed by atoms with Gasteiger partial charge in [0.05, 0.1) is 5.56 Å². The summed E-state index contributed by atoms with van der Waals surface area (Å²) < 4.78 is 0.888. The molecule has 0 aromatic heterocycles. The first-order valence-corrected chi connectivity index (χ1v) is 7.94. The lowest BCUT2D eigenvalue weighted by molar-refractivity contribution is 0.0226. The lowest BCUT2D eigenvalue weighted by Crippen LogP contribution is -2.63. The average molecular weight is 338 g/mol. The van der Waals surface area contributed by atoms with E-state index in [1.165, 1.54) is 0 Å². The minimum absolute atomic E-state index is 0.145. The zero-order valence-corrected chi connectivity index (χ0v) is 13.3. The number of hydrogen-bond acceptors (Lipinski definition) is 3. The highest BCUT2D eigenvalue weighted by molar-refractivity contribution is 9.10. The zero-order chi connectivity index (χ0) is 14.1. The zero-order valence-electron chi connectivity index (χ0n) is 11.7. The second-order valence-corrected chi connectivity index (χ2v) is 6.49. The molecule has 20 heavy (non-hydrogen) atoms. The Morgan fingerprint density at radius 2 is 2.00 bits per heavy atom. The number of aryl methyl sites for hydroxylation is 1. The van der Waals surface area contributed by atoms with E-state index < -0.39 is 0 Å². The molecule has 0 atom stereocenters. The van der Waals surface area contributed by atoms with E-state index in [-0.39, 0.29) is 5.91 Å². The fourth-order valence-corrected chi connectivity index (χ4v) is 3.29. The van der Waals surface area contributed by atoms with E-state index in [4.69, 9.17) is 0 Å². The number of nitrogens with one attached hydrogen (secondary N) is 1. The van der Waals surface area contributed by atoms with Gasteiger partial charge in [-0.05, 0) is 35.0 Å². The number of amides is 1. The predicted molar refractivity (Wildman–Crippen MR) is 83.0 cm³/mol. The third-order valence-electron chi connectivity index (χ3n) is 4.17. The molecule has 0 saturated carbocycles. The van der Waals surface area contributed by atoms with E-state index >= 15 is 0 Å². The predicted octanol–water partition coefficient (Wildman–Crippen LogP) is 1.49. The molecule has 0 unspecified atom stereocenters. The Balaban J connectivity index is 1.61. The van der Waals surface area contributed by atoms with Gasteiger partial charge < -0.3 is 10.2 Å². The third kappa shape index (κ3) is 2.75. The van der Waals surface area contributed by atoms with E-state index in [9.17, 15) is 4.79 Å². The molecule has 2 aliphatic heterocycles. The van der Waals surface area contributed by atoms with E-state index in [1.807, 2.05) is 30.0 Å². The Labute approximate surface area is 128 Å². The average Bonchev–Trinajstić information content (AvgIpc) is 2.41. The van der Waals surface area contributed by atoms with Gasteiger partial charge in [-0.15, -0.1) is 0 Å². The van der Waals surface area contributed by atoms with Gasteiger partial charge in [0, 0.05) is 49.8 Å². The minimum atomic E-state index is 0.145. The Bertz CT molecular complexity index is 508. The highest BCUT2D eigenvalue weighted by Gasteiger charge is 2.35. The van der Waals surface area contributed by atoms with Crippen molar-refractivity contribution in [3.8, 4) is 0 Å². The Hall–Kier alpha value is -0.910. The maximum absolute atomic E-state index is 12.5. The van der Waals surface area contributed by atoms with Gasteiger partial charge in [-0.3, -0.25) is 9.69 Å². The summed E-state index contributed by atoms with van der Waals surface area (Å²) in [6.07, 6.45) is 0. The van der Waals surface area contributed by atoms with Crippen molar-refractivity contribution in [2.45, 2.75) is 13.0 Å². The van der Waals surface area contributed by atoms with Crippen LogP contribution in [0.1, 0.15) is 15.9 Å². The van der Waals surface area contributed by atoms with E-state index in [1.54, 1.807) is 0 Å². The number of nitrogens with zero attached hydrogens (tertiary/aromatic N) is 2. The van der Waals surface area contributed by atoms with Gasteiger partial charge >= 0.3 is 0 Å². The molecular formula is C15H20BrN3O. The van der Waals surface area contributed by atoms with Crippen molar-refractivity contribution in [1.82, 2.24) is 15.1 Å². The van der Waals surface area contributed by atoms with Crippen LogP contribution in [0.5, 0.6) is 0 Å². The number of halogens is 1. The highest BCUT2D eigenvalue weighted by atomic mass is 79.9. The molecule has 5 heteroatoms. The molecule has 0 bridgehead atoms. The van der Waals surface area contributed by atoms with Crippen molar-refractivity contribution >= 4 is 21.8 Å². The second kappa shape index (κ2) is 5.84. The number of rotatable bonds is 2. The van der Waals surface area contributed by atoms with E-state index in [2.05, 4.69) is 26.1 Å². The fraction of sp³-hybridized carbons (Fsp3) is 0.533. The number of hydrogen-bond donors (Lipinski definition) is 1. The number of benzene rings is 1. The summed E-state index contributed by atoms with van der Waals surface area (Å²) in [5.41, 5.74) is 1.90. The molecule has 0 radical (unpaired) electrons. The van der Waals surface area contributed by atoms with E-state index in [0.717, 1.165) is 54.9 Å². The first-order chi connectivity index (χ1) is 9.65. The van der Waals surface area contributed by atoms with Gasteiger partial charge in [0.1, 0.15) is 0 Å². The molecule has 1 amide bonds. The van der Waals surface area contributed by atoms with Gasteiger partial charge in [-0.1, -0.05) is 11.6 Å². The SMILES string of the molecule is Cc1ccc(Br)c(C(=O)N2CC(N3CCNCC3)C2)c1. The Kier molecular flexibility index (Phi) is 4.10. The van der Waals surface area contributed by atoms with Gasteiger partial charge in [-0.2, -0.15) is 0 Å². The van der Waals surface area contributed by atoms with Crippen LogP contribution < -0.4 is 5.32 Å². The molecule has 3 rings (SSSR count). The van der Waals surface area contributed by atoms with Crippen molar-refractivity contribution in [2.24, 2.45) is 0 Å². The molecule has 4 nitrogen and oxygen atoms in total. The molecule has 2 saturated heterocycles. The normalized spacial score (nSPS) is 20.8. The smallest absolute Gasteiger partial charge is 0.255 e. The minimum Gasteiger partial charge on any atom is -0.335 e. The number of likely N-dealkylation sites (tertiary alicyclic amines) is 1. The maximum Gasteiger partial charge on any atom is 0.255 e. The van der Waals surface area contributed by atoms with Gasteiger partial charge in [0.15, 0.2) is 0 Å². The molecule has 1 aromatic carbocycles. The fourth-order valence-electron chi connectivity index (χ4n) is 2.87. The molecule has 2 aliphatic rings. The van der Waals surface area contributed by atoms with Crippen molar-refractivity contribution in [3.05, 3.63) is 33.8 Å². The van der Waals surface area contributed by atoms with Gasteiger partial charge in [-0.25, -0.2) is 0 Å². The van der Waals surface area contributed by atoms with Gasteiger partial charge in [0.2, 0.25) is 0 Å². The summed E-state index contributed by atoms with van der Waals surface area (Å²) in [5, 5.41) is 3.36. The summed E-state index contributed by atoms with van der Waals surface area (Å²) >= 11 is 3.48. The third-order valence-corrected chi connectivity index (χ3v) is 4.86. The van der Waals surface area contributed by atoms with Gasteiger partial charge in [0.25, 0.3) is 5.91 Å². The topological polar surface area (TPSA) is 35.6 Å². The Morgan fingerprint density at radius 3 is 2.70 bits per heavy atom. The lowest BCUT2D eigenvalue weighted by Gasteiger charge is -2.46. The molecule has 0 spiro atoms. The summed E-state index contributed by atoms with van der Waals surface area (Å²) in [7, 11) is 0. The largest absolute Gasteiger partial charge is 0.335 e. The molecule has 2 fully saturated rings. The summed E-state index contributed by atoms with van der Waals surface area (Å²) in [4.78, 5) is 16.9. The second-order valence-electron chi connectivity index (χ2n) is 5.63. The molecule has 108 valence electrons. The van der Waals surface area contributed by atoms with Crippen LogP contribution in [0.25, 0.3) is 0 Å². The standard InChI is InChI=1S/C15H20BrN3O/c1-11-2-3-14(16)13(8-11)15(20)19-9-12(10-19)18-6-4-17-5-7-18/h2-3,8,12,17H,4-7,9-10H2,1H3. The van der Waals surface area contributed by atoms with Crippen LogP contribution in [-0.2, 0) is 0 Å². The summed E-state index contributed by atoms with van der Waals surface area (Å²) in [6.45, 7) is 8.06. The van der Waals surface area contributed by atoms with Crippen molar-refractivity contribution in [2.75, 3.05) is 39.3 Å². The molecule has 1 aromatic rings. The number of carbonyl (C=O) groups excluding carboxylic acids is 1. The monoisotopic (exact) mass is 337 g/mol. The lowest BCUT2D eigenvalue weighted by atomic mass is 10.0. The van der Waals surface area contributed by atoms with Crippen LogP contribution in [0.15, 0.2) is 22.7 Å². The quantitative estimate of drug-likeness (QED) is 0.888. The molecule has 1 N–H and O–H groups in total. The molecular weight excluding hydrogens is 318 g/mol.